The highest BCUT2D eigenvalue weighted by molar-refractivity contribution is 7.89. The molecule has 122 valence electrons. The Morgan fingerprint density at radius 1 is 1.17 bits per heavy atom. The van der Waals surface area contributed by atoms with Crippen molar-refractivity contribution in [2.24, 2.45) is 7.05 Å². The van der Waals surface area contributed by atoms with Gasteiger partial charge in [0.05, 0.1) is 6.33 Å². The van der Waals surface area contributed by atoms with Crippen LogP contribution in [0.1, 0.15) is 11.1 Å². The topological polar surface area (TPSA) is 58.4 Å². The van der Waals surface area contributed by atoms with Crippen molar-refractivity contribution in [3.8, 4) is 0 Å². The van der Waals surface area contributed by atoms with Crippen molar-refractivity contribution in [2.45, 2.75) is 24.0 Å². The lowest BCUT2D eigenvalue weighted by atomic mass is 9.97. The zero-order chi connectivity index (χ0) is 16.0. The van der Waals surface area contributed by atoms with Gasteiger partial charge in [-0.15, -0.1) is 0 Å². The van der Waals surface area contributed by atoms with E-state index in [0.29, 0.717) is 19.1 Å². The largest absolute Gasteiger partial charge is 0.339 e. The van der Waals surface area contributed by atoms with E-state index >= 15 is 0 Å². The van der Waals surface area contributed by atoms with E-state index in [9.17, 15) is 8.42 Å². The average molecular weight is 332 g/mol. The molecule has 1 fully saturated rings. The zero-order valence-corrected chi connectivity index (χ0v) is 13.9. The Morgan fingerprint density at radius 2 is 1.91 bits per heavy atom. The summed E-state index contributed by atoms with van der Waals surface area (Å²) in [5.74, 6) is 0. The molecule has 0 atom stereocenters. The first-order chi connectivity index (χ1) is 11.0. The van der Waals surface area contributed by atoms with E-state index in [1.54, 1.807) is 17.8 Å². The number of hydrogen-bond donors (Lipinski definition) is 0. The van der Waals surface area contributed by atoms with Gasteiger partial charge in [0, 0.05) is 45.5 Å². The molecule has 2 aliphatic rings. The highest BCUT2D eigenvalue weighted by Crippen LogP contribution is 2.27. The van der Waals surface area contributed by atoms with Crippen LogP contribution in [0.15, 0.2) is 41.8 Å². The molecule has 0 amide bonds. The molecule has 0 spiro atoms. The van der Waals surface area contributed by atoms with Crippen molar-refractivity contribution in [1.29, 1.82) is 0 Å². The first kappa shape index (κ1) is 14.9. The Bertz CT molecular complexity index is 824. The maximum atomic E-state index is 12.5. The summed E-state index contributed by atoms with van der Waals surface area (Å²) in [7, 11) is -1.66. The summed E-state index contributed by atoms with van der Waals surface area (Å²) in [6.45, 7) is 3.03. The average Bonchev–Trinajstić information content (AvgIpc) is 2.93. The lowest BCUT2D eigenvalue weighted by Gasteiger charge is -2.45. The van der Waals surface area contributed by atoms with Crippen molar-refractivity contribution in [2.75, 3.05) is 19.6 Å². The van der Waals surface area contributed by atoms with Gasteiger partial charge >= 0.3 is 0 Å². The van der Waals surface area contributed by atoms with Crippen LogP contribution in [0.5, 0.6) is 0 Å². The van der Waals surface area contributed by atoms with Crippen molar-refractivity contribution >= 4 is 10.0 Å². The van der Waals surface area contributed by atoms with Gasteiger partial charge in [-0.1, -0.05) is 24.3 Å². The third kappa shape index (κ3) is 2.58. The Morgan fingerprint density at radius 3 is 2.61 bits per heavy atom. The molecule has 0 unspecified atom stereocenters. The predicted molar refractivity (Wildman–Crippen MR) is 86.3 cm³/mol. The highest BCUT2D eigenvalue weighted by atomic mass is 32.2. The van der Waals surface area contributed by atoms with E-state index in [2.05, 4.69) is 34.1 Å². The van der Waals surface area contributed by atoms with Gasteiger partial charge in [-0.25, -0.2) is 13.4 Å². The number of aryl methyl sites for hydroxylation is 1. The number of benzene rings is 1. The SMILES string of the molecule is Cn1cnc(S(=O)(=O)N2CC(N3CCc4ccccc4C3)C2)c1. The highest BCUT2D eigenvalue weighted by Gasteiger charge is 2.41. The molecule has 0 aliphatic carbocycles. The smallest absolute Gasteiger partial charge is 0.262 e. The van der Waals surface area contributed by atoms with Crippen molar-refractivity contribution in [1.82, 2.24) is 18.8 Å². The molecule has 2 aromatic rings. The standard InChI is InChI=1S/C16H20N4O2S/c1-18-11-16(17-12-18)23(21,22)20-9-15(10-20)19-7-6-13-4-2-3-5-14(13)8-19/h2-5,11-12,15H,6-10H2,1H3. The second kappa shape index (κ2) is 5.43. The van der Waals surface area contributed by atoms with Crippen LogP contribution in [0.2, 0.25) is 0 Å². The minimum Gasteiger partial charge on any atom is -0.339 e. The van der Waals surface area contributed by atoms with Crippen LogP contribution in [-0.4, -0.2) is 52.9 Å². The third-order valence-electron chi connectivity index (χ3n) is 4.79. The zero-order valence-electron chi connectivity index (χ0n) is 13.1. The van der Waals surface area contributed by atoms with E-state index in [-0.39, 0.29) is 5.03 Å². The fourth-order valence-corrected chi connectivity index (χ4v) is 4.81. The molecule has 0 N–H and O–H groups in total. The van der Waals surface area contributed by atoms with Crippen LogP contribution in [0.3, 0.4) is 0 Å². The maximum Gasteiger partial charge on any atom is 0.262 e. The number of fused-ring (bicyclic) bond motifs is 1. The summed E-state index contributed by atoms with van der Waals surface area (Å²) in [4.78, 5) is 6.37. The van der Waals surface area contributed by atoms with E-state index in [4.69, 9.17) is 0 Å². The molecule has 0 saturated carbocycles. The fourth-order valence-electron chi connectivity index (χ4n) is 3.33. The molecule has 23 heavy (non-hydrogen) atoms. The molecule has 1 aromatic carbocycles. The molecular weight excluding hydrogens is 312 g/mol. The van der Waals surface area contributed by atoms with Gasteiger partial charge in [0.15, 0.2) is 5.03 Å². The van der Waals surface area contributed by atoms with E-state index in [0.717, 1.165) is 19.5 Å². The molecular formula is C16H20N4O2S. The second-order valence-corrected chi connectivity index (χ2v) is 8.23. The van der Waals surface area contributed by atoms with Crippen LogP contribution in [0, 0.1) is 0 Å². The number of imidazole rings is 1. The molecule has 1 aromatic heterocycles. The van der Waals surface area contributed by atoms with Gasteiger partial charge in [0.1, 0.15) is 0 Å². The molecule has 4 rings (SSSR count). The van der Waals surface area contributed by atoms with E-state index < -0.39 is 10.0 Å². The molecule has 0 bridgehead atoms. The summed E-state index contributed by atoms with van der Waals surface area (Å²) < 4.78 is 28.2. The number of sulfonamides is 1. The third-order valence-corrected chi connectivity index (χ3v) is 6.51. The van der Waals surface area contributed by atoms with Gasteiger partial charge in [0.25, 0.3) is 10.0 Å². The molecule has 6 nitrogen and oxygen atoms in total. The van der Waals surface area contributed by atoms with Crippen LogP contribution in [0.4, 0.5) is 0 Å². The lowest BCUT2D eigenvalue weighted by molar-refractivity contribution is 0.0767. The van der Waals surface area contributed by atoms with Gasteiger partial charge in [0.2, 0.25) is 0 Å². The summed E-state index contributed by atoms with van der Waals surface area (Å²) >= 11 is 0. The molecule has 1 saturated heterocycles. The van der Waals surface area contributed by atoms with Crippen LogP contribution < -0.4 is 0 Å². The fraction of sp³-hybridized carbons (Fsp3) is 0.438. The van der Waals surface area contributed by atoms with E-state index in [1.165, 1.54) is 21.8 Å². The minimum absolute atomic E-state index is 0.141. The molecule has 2 aliphatic heterocycles. The maximum absolute atomic E-state index is 12.5. The first-order valence-corrected chi connectivity index (χ1v) is 9.27. The van der Waals surface area contributed by atoms with Crippen molar-refractivity contribution in [3.05, 3.63) is 47.9 Å². The normalized spacial score (nSPS) is 20.2. The number of hydrogen-bond acceptors (Lipinski definition) is 4. The van der Waals surface area contributed by atoms with Crippen LogP contribution >= 0.6 is 0 Å². The Balaban J connectivity index is 1.42. The van der Waals surface area contributed by atoms with Crippen molar-refractivity contribution in [3.63, 3.8) is 0 Å². The van der Waals surface area contributed by atoms with Gasteiger partial charge in [-0.3, -0.25) is 4.90 Å². The van der Waals surface area contributed by atoms with Crippen molar-refractivity contribution < 1.29 is 8.42 Å². The van der Waals surface area contributed by atoms with Gasteiger partial charge in [-0.2, -0.15) is 4.31 Å². The predicted octanol–water partition coefficient (Wildman–Crippen LogP) is 0.851. The summed E-state index contributed by atoms with van der Waals surface area (Å²) in [6, 6.07) is 8.81. The quantitative estimate of drug-likeness (QED) is 0.836. The van der Waals surface area contributed by atoms with E-state index in [1.807, 2.05) is 0 Å². The lowest BCUT2D eigenvalue weighted by Crippen LogP contribution is -2.61. The number of aromatic nitrogens is 2. The summed E-state index contributed by atoms with van der Waals surface area (Å²) in [6.07, 6.45) is 4.12. The Kier molecular flexibility index (Phi) is 3.51. The Hall–Kier alpha value is -1.70. The Labute approximate surface area is 136 Å². The number of rotatable bonds is 3. The molecule has 0 radical (unpaired) electrons. The summed E-state index contributed by atoms with van der Waals surface area (Å²) in [5, 5.41) is 0.141. The summed E-state index contributed by atoms with van der Waals surface area (Å²) in [5.41, 5.74) is 2.78. The molecule has 7 heteroatoms. The monoisotopic (exact) mass is 332 g/mol. The minimum atomic E-state index is -3.44. The van der Waals surface area contributed by atoms with Gasteiger partial charge < -0.3 is 4.57 Å². The van der Waals surface area contributed by atoms with Crippen LogP contribution in [-0.2, 0) is 30.0 Å². The van der Waals surface area contributed by atoms with Crippen LogP contribution in [0.25, 0.3) is 0 Å². The first-order valence-electron chi connectivity index (χ1n) is 7.83. The second-order valence-electron chi connectivity index (χ2n) is 6.34. The number of nitrogens with zero attached hydrogens (tertiary/aromatic N) is 4. The van der Waals surface area contributed by atoms with Gasteiger partial charge in [-0.05, 0) is 17.5 Å². The molecule has 3 heterocycles.